The van der Waals surface area contributed by atoms with Crippen LogP contribution in [0.5, 0.6) is 0 Å². The molecule has 1 aliphatic heterocycles. The Balaban J connectivity index is 2.11. The summed E-state index contributed by atoms with van der Waals surface area (Å²) in [6, 6.07) is 7.93. The maximum absolute atomic E-state index is 12.2. The average Bonchev–Trinajstić information content (AvgIpc) is 2.30. The van der Waals surface area contributed by atoms with Crippen LogP contribution in [0.1, 0.15) is 18.9 Å². The minimum Gasteiger partial charge on any atom is -0.237 e. The van der Waals surface area contributed by atoms with Gasteiger partial charge in [0, 0.05) is 13.1 Å². The van der Waals surface area contributed by atoms with Crippen molar-refractivity contribution in [3.05, 3.63) is 41.5 Å². The maximum atomic E-state index is 12.2. The van der Waals surface area contributed by atoms with Gasteiger partial charge >= 0.3 is 0 Å². The number of aryl methyl sites for hydroxylation is 1. The van der Waals surface area contributed by atoms with Gasteiger partial charge in [0.05, 0.1) is 4.90 Å². The molecule has 1 aromatic rings. The maximum Gasteiger partial charge on any atom is 0.127 e. The van der Waals surface area contributed by atoms with Crippen molar-refractivity contribution in [1.29, 1.82) is 0 Å². The first-order valence-corrected chi connectivity index (χ1v) is 6.66. The lowest BCUT2D eigenvalue weighted by Crippen LogP contribution is -2.30. The molecule has 1 aromatic carbocycles. The fourth-order valence-corrected chi connectivity index (χ4v) is 2.84. The largest absolute Gasteiger partial charge is 0.237 e. The van der Waals surface area contributed by atoms with E-state index in [0.717, 1.165) is 24.4 Å². The van der Waals surface area contributed by atoms with E-state index in [4.69, 9.17) is 0 Å². The monoisotopic (exact) mass is 235 g/mol. The molecule has 1 aliphatic rings. The molecule has 1 heterocycles. The third-order valence-corrected chi connectivity index (χ3v) is 4.33. The van der Waals surface area contributed by atoms with Crippen LogP contribution >= 0.6 is 0 Å². The molecule has 1 unspecified atom stereocenters. The highest BCUT2D eigenvalue weighted by molar-refractivity contribution is 7.82. The van der Waals surface area contributed by atoms with Gasteiger partial charge in [0.1, 0.15) is 11.0 Å². The molecule has 1 atom stereocenters. The van der Waals surface area contributed by atoms with E-state index >= 15 is 0 Å². The molecule has 0 saturated heterocycles. The molecular weight excluding hydrogens is 218 g/mol. The summed E-state index contributed by atoms with van der Waals surface area (Å²) < 4.78 is 14.2. The Labute approximate surface area is 99.6 Å². The van der Waals surface area contributed by atoms with Crippen molar-refractivity contribution >= 4 is 11.0 Å². The van der Waals surface area contributed by atoms with Gasteiger partial charge in [0.2, 0.25) is 0 Å². The first-order valence-electron chi connectivity index (χ1n) is 5.56. The van der Waals surface area contributed by atoms with E-state index in [1.54, 1.807) is 0 Å². The Morgan fingerprint density at radius 2 is 1.88 bits per heavy atom. The van der Waals surface area contributed by atoms with Crippen molar-refractivity contribution in [2.24, 2.45) is 0 Å². The van der Waals surface area contributed by atoms with E-state index in [-0.39, 0.29) is 0 Å². The summed E-state index contributed by atoms with van der Waals surface area (Å²) in [7, 11) is -1.00. The summed E-state index contributed by atoms with van der Waals surface area (Å²) in [5.41, 5.74) is 2.60. The van der Waals surface area contributed by atoms with Crippen molar-refractivity contribution in [2.75, 3.05) is 13.1 Å². The standard InChI is InChI=1S/C13H17NOS/c1-11-3-5-13(6-4-11)16(15)14-9-7-12(2)8-10-14/h3-7H,8-10H2,1-2H3. The summed E-state index contributed by atoms with van der Waals surface area (Å²) >= 11 is 0. The second-order valence-corrected chi connectivity index (χ2v) is 5.74. The van der Waals surface area contributed by atoms with Crippen LogP contribution in [0.2, 0.25) is 0 Å². The van der Waals surface area contributed by atoms with Gasteiger partial charge in [-0.05, 0) is 32.4 Å². The average molecular weight is 235 g/mol. The summed E-state index contributed by atoms with van der Waals surface area (Å²) in [6.45, 7) is 5.86. The molecule has 0 bridgehead atoms. The third-order valence-electron chi connectivity index (χ3n) is 2.86. The van der Waals surface area contributed by atoms with E-state index in [0.29, 0.717) is 0 Å². The van der Waals surface area contributed by atoms with Crippen LogP contribution in [0.15, 0.2) is 40.8 Å². The van der Waals surface area contributed by atoms with Gasteiger partial charge in [-0.2, -0.15) is 0 Å². The quantitative estimate of drug-likeness (QED) is 0.722. The van der Waals surface area contributed by atoms with Gasteiger partial charge in [-0.3, -0.25) is 0 Å². The predicted molar refractivity (Wildman–Crippen MR) is 67.5 cm³/mol. The number of rotatable bonds is 2. The van der Waals surface area contributed by atoms with E-state index in [1.165, 1.54) is 11.1 Å². The van der Waals surface area contributed by atoms with Crippen LogP contribution in [-0.2, 0) is 11.0 Å². The van der Waals surface area contributed by atoms with Crippen LogP contribution < -0.4 is 0 Å². The van der Waals surface area contributed by atoms with Crippen molar-refractivity contribution in [2.45, 2.75) is 25.2 Å². The SMILES string of the molecule is CC1=CCN(S(=O)c2ccc(C)cc2)CC1. The predicted octanol–water partition coefficient (Wildman–Crippen LogP) is 2.67. The van der Waals surface area contributed by atoms with Crippen LogP contribution in [0.3, 0.4) is 0 Å². The van der Waals surface area contributed by atoms with E-state index in [1.807, 2.05) is 35.5 Å². The molecule has 0 spiro atoms. The molecule has 0 radical (unpaired) electrons. The lowest BCUT2D eigenvalue weighted by atomic mass is 10.1. The minimum absolute atomic E-state index is 0.798. The van der Waals surface area contributed by atoms with Crippen molar-refractivity contribution in [1.82, 2.24) is 4.31 Å². The molecule has 0 amide bonds. The van der Waals surface area contributed by atoms with Crippen molar-refractivity contribution in [3.63, 3.8) is 0 Å². The Kier molecular flexibility index (Phi) is 3.56. The molecule has 2 nitrogen and oxygen atoms in total. The fraction of sp³-hybridized carbons (Fsp3) is 0.385. The van der Waals surface area contributed by atoms with Crippen LogP contribution in [0.4, 0.5) is 0 Å². The van der Waals surface area contributed by atoms with Gasteiger partial charge in [0.15, 0.2) is 0 Å². The zero-order valence-corrected chi connectivity index (χ0v) is 10.6. The second kappa shape index (κ2) is 4.93. The smallest absolute Gasteiger partial charge is 0.127 e. The molecule has 0 aliphatic carbocycles. The highest BCUT2D eigenvalue weighted by atomic mass is 32.2. The first-order chi connectivity index (χ1) is 7.66. The fourth-order valence-electron chi connectivity index (χ4n) is 1.71. The number of nitrogens with zero attached hydrogens (tertiary/aromatic N) is 1. The van der Waals surface area contributed by atoms with Gasteiger partial charge in [-0.15, -0.1) is 0 Å². The Morgan fingerprint density at radius 3 is 2.44 bits per heavy atom. The van der Waals surface area contributed by atoms with Crippen LogP contribution in [-0.4, -0.2) is 21.6 Å². The van der Waals surface area contributed by atoms with E-state index in [9.17, 15) is 4.21 Å². The lowest BCUT2D eigenvalue weighted by molar-refractivity contribution is 0.469. The highest BCUT2D eigenvalue weighted by Gasteiger charge is 2.16. The second-order valence-electron chi connectivity index (χ2n) is 4.25. The number of hydrogen-bond acceptors (Lipinski definition) is 1. The summed E-state index contributed by atoms with van der Waals surface area (Å²) in [5, 5.41) is 0. The molecule has 16 heavy (non-hydrogen) atoms. The molecule has 2 rings (SSSR count). The van der Waals surface area contributed by atoms with Crippen LogP contribution in [0, 0.1) is 6.92 Å². The Hall–Kier alpha value is -0.930. The van der Waals surface area contributed by atoms with Crippen LogP contribution in [0.25, 0.3) is 0 Å². The summed E-state index contributed by atoms with van der Waals surface area (Å²) in [6.07, 6.45) is 3.19. The number of benzene rings is 1. The van der Waals surface area contributed by atoms with Gasteiger partial charge < -0.3 is 0 Å². The molecular formula is C13H17NOS. The number of hydrogen-bond donors (Lipinski definition) is 0. The third kappa shape index (κ3) is 2.60. The molecule has 86 valence electrons. The molecule has 0 aromatic heterocycles. The van der Waals surface area contributed by atoms with E-state index in [2.05, 4.69) is 13.0 Å². The summed E-state index contributed by atoms with van der Waals surface area (Å²) in [5.74, 6) is 0. The normalized spacial score (nSPS) is 19.2. The van der Waals surface area contributed by atoms with Crippen molar-refractivity contribution in [3.8, 4) is 0 Å². The van der Waals surface area contributed by atoms with Gasteiger partial charge in [-0.1, -0.05) is 29.3 Å². The van der Waals surface area contributed by atoms with Gasteiger partial charge in [-0.25, -0.2) is 8.51 Å². The first kappa shape index (κ1) is 11.6. The van der Waals surface area contributed by atoms with Gasteiger partial charge in [0.25, 0.3) is 0 Å². The minimum atomic E-state index is -1.00. The Bertz CT molecular complexity index is 422. The molecule has 0 fully saturated rings. The summed E-state index contributed by atoms with van der Waals surface area (Å²) in [4.78, 5) is 0.901. The molecule has 3 heteroatoms. The highest BCUT2D eigenvalue weighted by Crippen LogP contribution is 2.17. The zero-order chi connectivity index (χ0) is 11.5. The van der Waals surface area contributed by atoms with E-state index < -0.39 is 11.0 Å². The lowest BCUT2D eigenvalue weighted by Gasteiger charge is -2.23. The topological polar surface area (TPSA) is 20.3 Å². The molecule has 0 N–H and O–H groups in total. The Morgan fingerprint density at radius 1 is 1.19 bits per heavy atom. The zero-order valence-electron chi connectivity index (χ0n) is 9.77. The van der Waals surface area contributed by atoms with Crippen molar-refractivity contribution < 1.29 is 4.21 Å². The molecule has 0 saturated carbocycles.